The average molecular weight is 440 g/mol. The molecule has 2 aromatic carbocycles. The lowest BCUT2D eigenvalue weighted by molar-refractivity contribution is 0.0600. The molecule has 150 valence electrons. The lowest BCUT2D eigenvalue weighted by atomic mass is 10.1. The lowest BCUT2D eigenvalue weighted by Crippen LogP contribution is -2.28. The van der Waals surface area contributed by atoms with Crippen molar-refractivity contribution in [3.8, 4) is 0 Å². The second-order valence-electron chi connectivity index (χ2n) is 6.36. The topological polar surface area (TPSA) is 90.6 Å². The molecule has 0 aliphatic rings. The quantitative estimate of drug-likeness (QED) is 0.452. The van der Waals surface area contributed by atoms with Crippen LogP contribution in [0.15, 0.2) is 58.1 Å². The zero-order valence-electron chi connectivity index (χ0n) is 15.7. The third-order valence-corrected chi connectivity index (χ3v) is 5.72. The molecule has 0 saturated heterocycles. The van der Waals surface area contributed by atoms with Crippen LogP contribution in [-0.4, -0.2) is 27.7 Å². The molecule has 0 N–H and O–H groups in total. The van der Waals surface area contributed by atoms with Crippen LogP contribution in [-0.2, 0) is 11.2 Å². The average Bonchev–Trinajstić information content (AvgIpc) is 3.04. The van der Waals surface area contributed by atoms with E-state index in [0.29, 0.717) is 20.7 Å². The predicted octanol–water partition coefficient (Wildman–Crippen LogP) is 2.09. The van der Waals surface area contributed by atoms with Gasteiger partial charge in [0.15, 0.2) is 0 Å². The number of rotatable bonds is 4. The predicted molar refractivity (Wildman–Crippen MR) is 114 cm³/mol. The van der Waals surface area contributed by atoms with Crippen molar-refractivity contribution in [3.63, 3.8) is 0 Å². The second kappa shape index (κ2) is 8.17. The van der Waals surface area contributed by atoms with Gasteiger partial charge in [-0.3, -0.25) is 9.59 Å². The number of esters is 1. The Morgan fingerprint density at radius 2 is 1.90 bits per heavy atom. The molecule has 0 unspecified atom stereocenters. The van der Waals surface area contributed by atoms with Gasteiger partial charge in [-0.2, -0.15) is 14.6 Å². The van der Waals surface area contributed by atoms with Gasteiger partial charge in [0.05, 0.1) is 17.2 Å². The molecule has 4 aromatic rings. The van der Waals surface area contributed by atoms with Crippen LogP contribution in [0, 0.1) is 0 Å². The summed E-state index contributed by atoms with van der Waals surface area (Å²) in [5.74, 6) is -0.439. The van der Waals surface area contributed by atoms with Crippen LogP contribution in [0.1, 0.15) is 27.2 Å². The zero-order chi connectivity index (χ0) is 21.3. The summed E-state index contributed by atoms with van der Waals surface area (Å²) in [6.07, 6.45) is 1.83. The number of carbonyl (C=O) groups excluding carboxylic acids is 1. The van der Waals surface area contributed by atoms with Gasteiger partial charge in [0.2, 0.25) is 4.96 Å². The Labute approximate surface area is 178 Å². The molecular formula is C21H14ClN3O4S. The minimum absolute atomic E-state index is 0.143. The van der Waals surface area contributed by atoms with E-state index in [9.17, 15) is 14.4 Å². The summed E-state index contributed by atoms with van der Waals surface area (Å²) in [6.45, 7) is 0. The molecule has 0 radical (unpaired) electrons. The summed E-state index contributed by atoms with van der Waals surface area (Å²) >= 11 is 7.23. The molecule has 0 aliphatic carbocycles. The van der Waals surface area contributed by atoms with E-state index in [1.807, 2.05) is 6.07 Å². The standard InChI is InChI=1S/C21H14ClN3O4S/c1-29-20(28)13-8-6-12(7-9-13)10-17-19(27)25-21(30-17)23-18(26)16(24-25)11-14-4-2-3-5-15(14)22/h2-10H,11H2,1H3/b17-10+. The number of benzene rings is 2. The first kappa shape index (κ1) is 19.9. The van der Waals surface area contributed by atoms with Gasteiger partial charge < -0.3 is 4.74 Å². The van der Waals surface area contributed by atoms with Gasteiger partial charge in [0.1, 0.15) is 5.69 Å². The van der Waals surface area contributed by atoms with Crippen molar-refractivity contribution in [1.29, 1.82) is 0 Å². The maximum absolute atomic E-state index is 12.8. The molecule has 0 fully saturated rings. The van der Waals surface area contributed by atoms with Crippen molar-refractivity contribution in [3.05, 3.63) is 101 Å². The molecule has 0 aliphatic heterocycles. The lowest BCUT2D eigenvalue weighted by Gasteiger charge is -2.02. The van der Waals surface area contributed by atoms with Gasteiger partial charge in [-0.1, -0.05) is 53.3 Å². The highest BCUT2D eigenvalue weighted by Crippen LogP contribution is 2.16. The van der Waals surface area contributed by atoms with E-state index in [-0.39, 0.29) is 22.6 Å². The highest BCUT2D eigenvalue weighted by molar-refractivity contribution is 7.15. The fourth-order valence-corrected chi connectivity index (χ4v) is 3.97. The molecule has 0 spiro atoms. The highest BCUT2D eigenvalue weighted by Gasteiger charge is 2.13. The van der Waals surface area contributed by atoms with E-state index in [1.54, 1.807) is 48.5 Å². The number of methoxy groups -OCH3 is 1. The van der Waals surface area contributed by atoms with Crippen molar-refractivity contribution in [2.45, 2.75) is 6.42 Å². The van der Waals surface area contributed by atoms with Crippen molar-refractivity contribution in [2.75, 3.05) is 7.11 Å². The minimum Gasteiger partial charge on any atom is -0.465 e. The summed E-state index contributed by atoms with van der Waals surface area (Å²) in [4.78, 5) is 40.9. The smallest absolute Gasteiger partial charge is 0.337 e. The fourth-order valence-electron chi connectivity index (χ4n) is 2.86. The van der Waals surface area contributed by atoms with Crippen LogP contribution >= 0.6 is 22.9 Å². The third-order valence-electron chi connectivity index (χ3n) is 4.40. The van der Waals surface area contributed by atoms with E-state index >= 15 is 0 Å². The van der Waals surface area contributed by atoms with Gasteiger partial charge in [-0.05, 0) is 35.4 Å². The monoisotopic (exact) mass is 439 g/mol. The van der Waals surface area contributed by atoms with Crippen LogP contribution in [0.5, 0.6) is 0 Å². The Kier molecular flexibility index (Phi) is 5.43. The number of hydrogen-bond acceptors (Lipinski definition) is 7. The molecule has 7 nitrogen and oxygen atoms in total. The van der Waals surface area contributed by atoms with E-state index < -0.39 is 11.5 Å². The SMILES string of the molecule is COC(=O)c1ccc(/C=c2/sc3nc(=O)c(Cc4ccccc4Cl)nn3c2=O)cc1. The molecule has 9 heteroatoms. The number of nitrogens with zero attached hydrogens (tertiary/aromatic N) is 3. The van der Waals surface area contributed by atoms with Gasteiger partial charge in [-0.25, -0.2) is 4.79 Å². The Bertz CT molecular complexity index is 1430. The fraction of sp³-hybridized carbons (Fsp3) is 0.0952. The number of ether oxygens (including phenoxy) is 1. The van der Waals surface area contributed by atoms with E-state index in [0.717, 1.165) is 21.4 Å². The van der Waals surface area contributed by atoms with Crippen LogP contribution in [0.2, 0.25) is 5.02 Å². The molecule has 30 heavy (non-hydrogen) atoms. The Morgan fingerprint density at radius 1 is 1.17 bits per heavy atom. The Morgan fingerprint density at radius 3 is 2.60 bits per heavy atom. The van der Waals surface area contributed by atoms with Crippen molar-refractivity contribution in [1.82, 2.24) is 14.6 Å². The summed E-state index contributed by atoms with van der Waals surface area (Å²) in [5.41, 5.74) is 1.12. The van der Waals surface area contributed by atoms with E-state index in [4.69, 9.17) is 11.6 Å². The Hall–Kier alpha value is -3.36. The second-order valence-corrected chi connectivity index (χ2v) is 7.77. The summed E-state index contributed by atoms with van der Waals surface area (Å²) < 4.78 is 6.17. The first-order chi connectivity index (χ1) is 14.5. The number of hydrogen-bond donors (Lipinski definition) is 0. The van der Waals surface area contributed by atoms with Crippen molar-refractivity contribution < 1.29 is 9.53 Å². The first-order valence-corrected chi connectivity index (χ1v) is 10.0. The minimum atomic E-state index is -0.495. The Balaban J connectivity index is 1.75. The number of carbonyl (C=O) groups is 1. The van der Waals surface area contributed by atoms with Crippen LogP contribution in [0.25, 0.3) is 11.0 Å². The van der Waals surface area contributed by atoms with Crippen molar-refractivity contribution in [2.24, 2.45) is 0 Å². The molecule has 0 amide bonds. The molecule has 2 aromatic heterocycles. The first-order valence-electron chi connectivity index (χ1n) is 8.82. The number of halogens is 1. The molecular weight excluding hydrogens is 426 g/mol. The summed E-state index contributed by atoms with van der Waals surface area (Å²) in [5, 5.41) is 4.74. The van der Waals surface area contributed by atoms with Crippen LogP contribution in [0.4, 0.5) is 0 Å². The molecule has 4 rings (SSSR count). The van der Waals surface area contributed by atoms with Crippen molar-refractivity contribution >= 4 is 39.9 Å². The maximum atomic E-state index is 12.8. The zero-order valence-corrected chi connectivity index (χ0v) is 17.2. The van der Waals surface area contributed by atoms with Crippen LogP contribution in [0.3, 0.4) is 0 Å². The van der Waals surface area contributed by atoms with Gasteiger partial charge in [-0.15, -0.1) is 0 Å². The van der Waals surface area contributed by atoms with Crippen LogP contribution < -0.4 is 15.7 Å². The third kappa shape index (κ3) is 3.87. The highest BCUT2D eigenvalue weighted by atomic mass is 35.5. The molecule has 0 saturated carbocycles. The molecule has 0 atom stereocenters. The number of aromatic nitrogens is 3. The largest absolute Gasteiger partial charge is 0.465 e. The number of thiazole rings is 1. The normalized spacial score (nSPS) is 11.7. The molecule has 0 bridgehead atoms. The maximum Gasteiger partial charge on any atom is 0.337 e. The summed E-state index contributed by atoms with van der Waals surface area (Å²) in [6, 6.07) is 13.7. The van der Waals surface area contributed by atoms with E-state index in [1.165, 1.54) is 7.11 Å². The van der Waals surface area contributed by atoms with Gasteiger partial charge in [0, 0.05) is 11.4 Å². The molecule has 2 heterocycles. The summed E-state index contributed by atoms with van der Waals surface area (Å²) in [7, 11) is 1.31. The van der Waals surface area contributed by atoms with Gasteiger partial charge in [0.25, 0.3) is 11.1 Å². The number of fused-ring (bicyclic) bond motifs is 1. The van der Waals surface area contributed by atoms with E-state index in [2.05, 4.69) is 14.8 Å². The van der Waals surface area contributed by atoms with Gasteiger partial charge >= 0.3 is 5.97 Å².